The minimum absolute atomic E-state index is 0.375. The SMILES string of the molecule is O=C(O)NCc1cccc(CI)c1. The Balaban J connectivity index is 2.61. The molecule has 2 N–H and O–H groups in total. The van der Waals surface area contributed by atoms with Crippen LogP contribution >= 0.6 is 22.6 Å². The van der Waals surface area contributed by atoms with Gasteiger partial charge < -0.3 is 10.4 Å². The van der Waals surface area contributed by atoms with Crippen molar-refractivity contribution >= 4 is 28.7 Å². The molecule has 4 heteroatoms. The summed E-state index contributed by atoms with van der Waals surface area (Å²) in [5, 5.41) is 10.7. The molecule has 3 nitrogen and oxygen atoms in total. The first kappa shape index (κ1) is 10.3. The fourth-order valence-electron chi connectivity index (χ4n) is 1.00. The van der Waals surface area contributed by atoms with E-state index in [9.17, 15) is 4.79 Å². The van der Waals surface area contributed by atoms with E-state index in [4.69, 9.17) is 5.11 Å². The van der Waals surface area contributed by atoms with Gasteiger partial charge in [-0.1, -0.05) is 46.9 Å². The molecule has 1 rings (SSSR count). The Labute approximate surface area is 90.3 Å². The second kappa shape index (κ2) is 5.06. The molecular weight excluding hydrogens is 281 g/mol. The molecule has 0 heterocycles. The van der Waals surface area contributed by atoms with Crippen molar-refractivity contribution in [2.75, 3.05) is 0 Å². The van der Waals surface area contributed by atoms with Crippen molar-refractivity contribution in [3.05, 3.63) is 35.4 Å². The summed E-state index contributed by atoms with van der Waals surface area (Å²) >= 11 is 2.28. The van der Waals surface area contributed by atoms with E-state index in [1.54, 1.807) is 0 Å². The van der Waals surface area contributed by atoms with Gasteiger partial charge >= 0.3 is 6.09 Å². The first-order valence-corrected chi connectivity index (χ1v) is 5.35. The van der Waals surface area contributed by atoms with Crippen LogP contribution in [-0.4, -0.2) is 11.2 Å². The lowest BCUT2D eigenvalue weighted by atomic mass is 10.1. The summed E-state index contributed by atoms with van der Waals surface area (Å²) in [5.74, 6) is 0. The van der Waals surface area contributed by atoms with E-state index < -0.39 is 6.09 Å². The van der Waals surface area contributed by atoms with Crippen LogP contribution in [0.2, 0.25) is 0 Å². The maximum atomic E-state index is 10.2. The van der Waals surface area contributed by atoms with Gasteiger partial charge in [-0.3, -0.25) is 0 Å². The fraction of sp³-hybridized carbons (Fsp3) is 0.222. The molecule has 1 aromatic rings. The minimum atomic E-state index is -0.986. The third kappa shape index (κ3) is 3.63. The smallest absolute Gasteiger partial charge is 0.404 e. The molecule has 0 saturated carbocycles. The number of hydrogen-bond donors (Lipinski definition) is 2. The van der Waals surface area contributed by atoms with E-state index in [1.165, 1.54) is 5.56 Å². The van der Waals surface area contributed by atoms with Gasteiger partial charge in [0.05, 0.1) is 0 Å². The quantitative estimate of drug-likeness (QED) is 0.663. The molecule has 0 unspecified atom stereocenters. The fourth-order valence-corrected chi connectivity index (χ4v) is 1.47. The third-order valence-corrected chi connectivity index (χ3v) is 2.47. The van der Waals surface area contributed by atoms with E-state index in [0.717, 1.165) is 9.99 Å². The predicted octanol–water partition coefficient (Wildman–Crippen LogP) is 2.39. The van der Waals surface area contributed by atoms with E-state index in [2.05, 4.69) is 27.9 Å². The Morgan fingerprint density at radius 3 is 2.77 bits per heavy atom. The number of rotatable bonds is 3. The highest BCUT2D eigenvalue weighted by atomic mass is 127. The van der Waals surface area contributed by atoms with Crippen LogP contribution < -0.4 is 5.32 Å². The van der Waals surface area contributed by atoms with Gasteiger partial charge in [-0.2, -0.15) is 0 Å². The number of carboxylic acid groups (broad SMARTS) is 1. The summed E-state index contributed by atoms with van der Waals surface area (Å²) in [5.41, 5.74) is 2.21. The Kier molecular flexibility index (Phi) is 4.01. The van der Waals surface area contributed by atoms with Gasteiger partial charge in [-0.25, -0.2) is 4.79 Å². The number of hydrogen-bond acceptors (Lipinski definition) is 1. The van der Waals surface area contributed by atoms with Gasteiger partial charge in [0.1, 0.15) is 0 Å². The number of halogens is 1. The van der Waals surface area contributed by atoms with Gasteiger partial charge in [-0.05, 0) is 11.1 Å². The standard InChI is InChI=1S/C9H10INO2/c10-5-7-2-1-3-8(4-7)6-11-9(12)13/h1-4,11H,5-6H2,(H,12,13). The van der Waals surface area contributed by atoms with Crippen LogP contribution in [0.5, 0.6) is 0 Å². The van der Waals surface area contributed by atoms with Crippen LogP contribution in [0.1, 0.15) is 11.1 Å². The molecule has 1 amide bonds. The van der Waals surface area contributed by atoms with Crippen molar-refractivity contribution in [3.8, 4) is 0 Å². The normalized spacial score (nSPS) is 9.62. The number of alkyl halides is 1. The van der Waals surface area contributed by atoms with Crippen LogP contribution in [0.25, 0.3) is 0 Å². The topological polar surface area (TPSA) is 49.3 Å². The van der Waals surface area contributed by atoms with E-state index in [0.29, 0.717) is 6.54 Å². The third-order valence-electron chi connectivity index (χ3n) is 1.59. The Morgan fingerprint density at radius 2 is 2.15 bits per heavy atom. The Morgan fingerprint density at radius 1 is 1.46 bits per heavy atom. The van der Waals surface area contributed by atoms with Crippen molar-refractivity contribution < 1.29 is 9.90 Å². The second-order valence-corrected chi connectivity index (χ2v) is 3.38. The van der Waals surface area contributed by atoms with Crippen LogP contribution in [0.15, 0.2) is 24.3 Å². The molecule has 0 radical (unpaired) electrons. The first-order valence-electron chi connectivity index (χ1n) is 3.83. The summed E-state index contributed by atoms with van der Waals surface area (Å²) < 4.78 is 0.943. The zero-order valence-electron chi connectivity index (χ0n) is 6.96. The molecule has 0 fully saturated rings. The lowest BCUT2D eigenvalue weighted by Gasteiger charge is -2.02. The van der Waals surface area contributed by atoms with E-state index in [-0.39, 0.29) is 0 Å². The van der Waals surface area contributed by atoms with Crippen molar-refractivity contribution in [1.29, 1.82) is 0 Å². The first-order chi connectivity index (χ1) is 6.22. The zero-order valence-corrected chi connectivity index (χ0v) is 9.11. The lowest BCUT2D eigenvalue weighted by Crippen LogP contribution is -2.19. The van der Waals surface area contributed by atoms with Gasteiger partial charge in [-0.15, -0.1) is 0 Å². The van der Waals surface area contributed by atoms with Gasteiger partial charge in [0.25, 0.3) is 0 Å². The molecule has 13 heavy (non-hydrogen) atoms. The average molecular weight is 291 g/mol. The number of amides is 1. The summed E-state index contributed by atoms with van der Waals surface area (Å²) in [6.45, 7) is 0.375. The molecule has 1 aromatic carbocycles. The van der Waals surface area contributed by atoms with Gasteiger partial charge in [0, 0.05) is 11.0 Å². The molecule has 0 aliphatic carbocycles. The van der Waals surface area contributed by atoms with Crippen LogP contribution in [0, 0.1) is 0 Å². The summed E-state index contributed by atoms with van der Waals surface area (Å²) in [4.78, 5) is 10.2. The summed E-state index contributed by atoms with van der Waals surface area (Å²) in [7, 11) is 0. The molecule has 70 valence electrons. The minimum Gasteiger partial charge on any atom is -0.465 e. The summed E-state index contributed by atoms with van der Waals surface area (Å²) in [6.07, 6.45) is -0.986. The van der Waals surface area contributed by atoms with Crippen molar-refractivity contribution in [2.45, 2.75) is 11.0 Å². The molecule has 0 aliphatic rings. The highest BCUT2D eigenvalue weighted by Crippen LogP contribution is 2.08. The van der Waals surface area contributed by atoms with Crippen molar-refractivity contribution in [2.24, 2.45) is 0 Å². The second-order valence-electron chi connectivity index (χ2n) is 2.61. The van der Waals surface area contributed by atoms with E-state index >= 15 is 0 Å². The zero-order chi connectivity index (χ0) is 9.68. The molecule has 0 aromatic heterocycles. The molecule has 0 bridgehead atoms. The summed E-state index contributed by atoms with van der Waals surface area (Å²) in [6, 6.07) is 7.87. The maximum absolute atomic E-state index is 10.2. The Bertz CT molecular complexity index is 301. The van der Waals surface area contributed by atoms with Crippen molar-refractivity contribution in [1.82, 2.24) is 5.32 Å². The van der Waals surface area contributed by atoms with Gasteiger partial charge in [0.15, 0.2) is 0 Å². The maximum Gasteiger partial charge on any atom is 0.404 e. The number of nitrogens with one attached hydrogen (secondary N) is 1. The molecule has 0 saturated heterocycles. The largest absolute Gasteiger partial charge is 0.465 e. The monoisotopic (exact) mass is 291 g/mol. The lowest BCUT2D eigenvalue weighted by molar-refractivity contribution is 0.194. The highest BCUT2D eigenvalue weighted by Gasteiger charge is 1.97. The van der Waals surface area contributed by atoms with Crippen LogP contribution in [0.3, 0.4) is 0 Å². The highest BCUT2D eigenvalue weighted by molar-refractivity contribution is 14.1. The van der Waals surface area contributed by atoms with E-state index in [1.807, 2.05) is 24.3 Å². The predicted molar refractivity (Wildman–Crippen MR) is 59.0 cm³/mol. The molecule has 0 spiro atoms. The van der Waals surface area contributed by atoms with Crippen molar-refractivity contribution in [3.63, 3.8) is 0 Å². The van der Waals surface area contributed by atoms with Crippen LogP contribution in [0.4, 0.5) is 4.79 Å². The van der Waals surface area contributed by atoms with Crippen LogP contribution in [-0.2, 0) is 11.0 Å². The number of carbonyl (C=O) groups is 1. The molecular formula is C9H10INO2. The average Bonchev–Trinajstić information content (AvgIpc) is 2.15. The molecule has 0 atom stereocenters. The number of benzene rings is 1. The van der Waals surface area contributed by atoms with Gasteiger partial charge in [0.2, 0.25) is 0 Å². The Hall–Kier alpha value is -0.780. The molecule has 0 aliphatic heterocycles.